The van der Waals surface area contributed by atoms with Gasteiger partial charge >= 0.3 is 0 Å². The number of hydrogen-bond acceptors (Lipinski definition) is 3. The summed E-state index contributed by atoms with van der Waals surface area (Å²) in [4.78, 5) is 26.7. The van der Waals surface area contributed by atoms with Crippen LogP contribution in [0.25, 0.3) is 0 Å². The molecule has 5 nitrogen and oxygen atoms in total. The monoisotopic (exact) mass is 316 g/mol. The van der Waals surface area contributed by atoms with Crippen LogP contribution in [-0.2, 0) is 9.59 Å². The van der Waals surface area contributed by atoms with E-state index in [1.807, 2.05) is 36.1 Å². The standard InChI is InChI=1S/C18H24N2O3/c1-2-23-16-9-5-4-8-15(16)19-17(21)13-12-14(13)18(22)20-10-6-3-7-11-20/h4-5,8-9,13-14H,2-3,6-7,10-12H2,1H3,(H,19,21). The number of benzene rings is 1. The number of para-hydroxylation sites is 2. The summed E-state index contributed by atoms with van der Waals surface area (Å²) >= 11 is 0. The maximum atomic E-state index is 12.4. The Balaban J connectivity index is 1.57. The van der Waals surface area contributed by atoms with Gasteiger partial charge in [0.05, 0.1) is 24.1 Å². The molecule has 1 saturated heterocycles. The van der Waals surface area contributed by atoms with Crippen molar-refractivity contribution < 1.29 is 14.3 Å². The van der Waals surface area contributed by atoms with Crippen molar-refractivity contribution in [1.82, 2.24) is 4.90 Å². The van der Waals surface area contributed by atoms with Crippen LogP contribution in [0.3, 0.4) is 0 Å². The number of carbonyl (C=O) groups excluding carboxylic acids is 2. The SMILES string of the molecule is CCOc1ccccc1NC(=O)C1CC1C(=O)N1CCCCC1. The molecule has 2 atom stereocenters. The number of rotatable bonds is 5. The highest BCUT2D eigenvalue weighted by atomic mass is 16.5. The first-order chi connectivity index (χ1) is 11.2. The lowest BCUT2D eigenvalue weighted by atomic mass is 10.1. The second-order valence-electron chi connectivity index (χ2n) is 6.25. The molecule has 0 bridgehead atoms. The summed E-state index contributed by atoms with van der Waals surface area (Å²) in [5.41, 5.74) is 0.676. The number of nitrogens with one attached hydrogen (secondary N) is 1. The van der Waals surface area contributed by atoms with Crippen molar-refractivity contribution in [1.29, 1.82) is 0 Å². The first-order valence-electron chi connectivity index (χ1n) is 8.52. The fourth-order valence-corrected chi connectivity index (χ4v) is 3.18. The molecule has 2 amide bonds. The lowest BCUT2D eigenvalue weighted by molar-refractivity contribution is -0.134. The van der Waals surface area contributed by atoms with Crippen LogP contribution in [0.15, 0.2) is 24.3 Å². The van der Waals surface area contributed by atoms with Gasteiger partial charge in [-0.3, -0.25) is 9.59 Å². The molecule has 1 aromatic rings. The highest BCUT2D eigenvalue weighted by Crippen LogP contribution is 2.41. The summed E-state index contributed by atoms with van der Waals surface area (Å²) in [5.74, 6) is 0.421. The molecule has 2 fully saturated rings. The molecule has 0 aromatic heterocycles. The Kier molecular flexibility index (Phi) is 4.84. The number of carbonyl (C=O) groups is 2. The fraction of sp³-hybridized carbons (Fsp3) is 0.556. The van der Waals surface area contributed by atoms with Crippen molar-refractivity contribution in [2.24, 2.45) is 11.8 Å². The number of likely N-dealkylation sites (tertiary alicyclic amines) is 1. The van der Waals surface area contributed by atoms with Crippen LogP contribution in [0.1, 0.15) is 32.6 Å². The lowest BCUT2D eigenvalue weighted by Crippen LogP contribution is -2.37. The second-order valence-corrected chi connectivity index (χ2v) is 6.25. The zero-order valence-electron chi connectivity index (χ0n) is 13.6. The average molecular weight is 316 g/mol. The molecule has 0 radical (unpaired) electrons. The summed E-state index contributed by atoms with van der Waals surface area (Å²) in [6, 6.07) is 7.40. The molecule has 2 aliphatic rings. The first-order valence-corrected chi connectivity index (χ1v) is 8.52. The van der Waals surface area contributed by atoms with Gasteiger partial charge in [0, 0.05) is 13.1 Å². The molecule has 124 valence electrons. The number of hydrogen-bond donors (Lipinski definition) is 1. The molecule has 5 heteroatoms. The predicted molar refractivity (Wildman–Crippen MR) is 88.3 cm³/mol. The van der Waals surface area contributed by atoms with E-state index >= 15 is 0 Å². The number of amides is 2. The summed E-state index contributed by atoms with van der Waals surface area (Å²) in [5, 5.41) is 2.91. The van der Waals surface area contributed by atoms with Gasteiger partial charge in [0.15, 0.2) is 0 Å². The van der Waals surface area contributed by atoms with Crippen molar-refractivity contribution >= 4 is 17.5 Å². The lowest BCUT2D eigenvalue weighted by Gasteiger charge is -2.26. The zero-order chi connectivity index (χ0) is 16.2. The highest BCUT2D eigenvalue weighted by Gasteiger charge is 2.49. The number of ether oxygens (including phenoxy) is 1. The van der Waals surface area contributed by atoms with Crippen molar-refractivity contribution in [3.8, 4) is 5.75 Å². The van der Waals surface area contributed by atoms with E-state index in [2.05, 4.69) is 5.32 Å². The number of nitrogens with zero attached hydrogens (tertiary/aromatic N) is 1. The van der Waals surface area contributed by atoms with E-state index in [0.29, 0.717) is 24.5 Å². The van der Waals surface area contributed by atoms with Crippen LogP contribution in [0.5, 0.6) is 5.75 Å². The molecule has 1 aromatic carbocycles. The third-order valence-electron chi connectivity index (χ3n) is 4.56. The minimum atomic E-state index is -0.195. The average Bonchev–Trinajstić information content (AvgIpc) is 3.38. The summed E-state index contributed by atoms with van der Waals surface area (Å²) in [7, 11) is 0. The molecule has 0 spiro atoms. The topological polar surface area (TPSA) is 58.6 Å². The summed E-state index contributed by atoms with van der Waals surface area (Å²) in [6.07, 6.45) is 4.03. The molecule has 1 aliphatic carbocycles. The van der Waals surface area contributed by atoms with Crippen molar-refractivity contribution in [2.45, 2.75) is 32.6 Å². The molecule has 1 aliphatic heterocycles. The molecule has 1 saturated carbocycles. The molecule has 2 unspecified atom stereocenters. The van der Waals surface area contributed by atoms with E-state index in [-0.39, 0.29) is 23.7 Å². The Morgan fingerprint density at radius 1 is 1.17 bits per heavy atom. The van der Waals surface area contributed by atoms with E-state index < -0.39 is 0 Å². The molecule has 3 rings (SSSR count). The van der Waals surface area contributed by atoms with E-state index in [9.17, 15) is 9.59 Å². The Morgan fingerprint density at radius 3 is 2.65 bits per heavy atom. The van der Waals surface area contributed by atoms with E-state index in [1.165, 1.54) is 6.42 Å². The third kappa shape index (κ3) is 3.66. The Morgan fingerprint density at radius 2 is 1.91 bits per heavy atom. The highest BCUT2D eigenvalue weighted by molar-refractivity contribution is 6.00. The maximum Gasteiger partial charge on any atom is 0.228 e. The number of anilines is 1. The van der Waals surface area contributed by atoms with Gasteiger partial charge in [-0.25, -0.2) is 0 Å². The largest absolute Gasteiger partial charge is 0.492 e. The fourth-order valence-electron chi connectivity index (χ4n) is 3.18. The Bertz CT molecular complexity index is 581. The quantitative estimate of drug-likeness (QED) is 0.908. The van der Waals surface area contributed by atoms with Crippen LogP contribution in [0, 0.1) is 11.8 Å². The number of piperidine rings is 1. The van der Waals surface area contributed by atoms with Gasteiger partial charge in [-0.1, -0.05) is 12.1 Å². The van der Waals surface area contributed by atoms with Crippen LogP contribution in [0.4, 0.5) is 5.69 Å². The summed E-state index contributed by atoms with van der Waals surface area (Å²) < 4.78 is 5.52. The van der Waals surface area contributed by atoms with Crippen molar-refractivity contribution in [3.05, 3.63) is 24.3 Å². The van der Waals surface area contributed by atoms with Gasteiger partial charge in [0.1, 0.15) is 5.75 Å². The molecular formula is C18H24N2O3. The van der Waals surface area contributed by atoms with Gasteiger partial charge in [-0.15, -0.1) is 0 Å². The summed E-state index contributed by atoms with van der Waals surface area (Å²) in [6.45, 7) is 4.15. The minimum absolute atomic E-state index is 0.0764. The van der Waals surface area contributed by atoms with Gasteiger partial charge in [0.2, 0.25) is 11.8 Å². The first kappa shape index (κ1) is 15.8. The predicted octanol–water partition coefficient (Wildman–Crippen LogP) is 2.67. The molecule has 1 heterocycles. The van der Waals surface area contributed by atoms with Gasteiger partial charge in [0.25, 0.3) is 0 Å². The van der Waals surface area contributed by atoms with Crippen LogP contribution in [-0.4, -0.2) is 36.4 Å². The Hall–Kier alpha value is -2.04. The second kappa shape index (κ2) is 7.02. The van der Waals surface area contributed by atoms with E-state index in [0.717, 1.165) is 25.9 Å². The van der Waals surface area contributed by atoms with Gasteiger partial charge < -0.3 is 15.0 Å². The third-order valence-corrected chi connectivity index (χ3v) is 4.56. The van der Waals surface area contributed by atoms with Crippen molar-refractivity contribution in [3.63, 3.8) is 0 Å². The molecular weight excluding hydrogens is 292 g/mol. The smallest absolute Gasteiger partial charge is 0.228 e. The zero-order valence-corrected chi connectivity index (χ0v) is 13.6. The maximum absolute atomic E-state index is 12.4. The van der Waals surface area contributed by atoms with Crippen LogP contribution >= 0.6 is 0 Å². The van der Waals surface area contributed by atoms with E-state index in [1.54, 1.807) is 0 Å². The Labute approximate surface area is 137 Å². The van der Waals surface area contributed by atoms with Gasteiger partial charge in [-0.2, -0.15) is 0 Å². The van der Waals surface area contributed by atoms with Gasteiger partial charge in [-0.05, 0) is 44.7 Å². The van der Waals surface area contributed by atoms with Crippen LogP contribution < -0.4 is 10.1 Å². The van der Waals surface area contributed by atoms with Crippen molar-refractivity contribution in [2.75, 3.05) is 25.0 Å². The molecule has 1 N–H and O–H groups in total. The van der Waals surface area contributed by atoms with E-state index in [4.69, 9.17) is 4.74 Å². The normalized spacial score (nSPS) is 23.3. The molecule has 23 heavy (non-hydrogen) atoms. The van der Waals surface area contributed by atoms with Crippen LogP contribution in [0.2, 0.25) is 0 Å². The minimum Gasteiger partial charge on any atom is -0.492 e.